The summed E-state index contributed by atoms with van der Waals surface area (Å²) in [5.41, 5.74) is 5.39. The quantitative estimate of drug-likeness (QED) is 0.0743. The highest BCUT2D eigenvalue weighted by molar-refractivity contribution is 5.91. The smallest absolute Gasteiger partial charge is 0.341 e. The lowest BCUT2D eigenvalue weighted by Gasteiger charge is -2.42. The SMILES string of the molecule is CCCC(C)(C)C(C)(OC(=O)c1ccccc1)OC(=O)c1ccccc1.CCCCCCCCCCCCCCCCCC(N)=O. The second-order valence-electron chi connectivity index (χ2n) is 13.3. The summed E-state index contributed by atoms with van der Waals surface area (Å²) in [5, 5.41) is 0. The zero-order valence-corrected chi connectivity index (χ0v) is 29.6. The van der Waals surface area contributed by atoms with Gasteiger partial charge in [-0.2, -0.15) is 0 Å². The van der Waals surface area contributed by atoms with Gasteiger partial charge in [0.25, 0.3) is 5.79 Å². The van der Waals surface area contributed by atoms with E-state index in [-0.39, 0.29) is 5.91 Å². The number of primary amides is 1. The molecule has 1 amide bonds. The van der Waals surface area contributed by atoms with E-state index in [1.165, 1.54) is 89.9 Å². The van der Waals surface area contributed by atoms with Gasteiger partial charge < -0.3 is 15.2 Å². The fraction of sp³-hybridized carbons (Fsp3) is 0.625. The Morgan fingerprint density at radius 3 is 1.22 bits per heavy atom. The molecule has 6 heteroatoms. The largest absolute Gasteiger partial charge is 0.419 e. The highest BCUT2D eigenvalue weighted by atomic mass is 16.7. The van der Waals surface area contributed by atoms with Gasteiger partial charge >= 0.3 is 11.9 Å². The molecule has 258 valence electrons. The molecule has 0 heterocycles. The predicted molar refractivity (Wildman–Crippen MR) is 190 cm³/mol. The van der Waals surface area contributed by atoms with Gasteiger partial charge in [-0.3, -0.25) is 4.79 Å². The maximum Gasteiger partial charge on any atom is 0.341 e. The van der Waals surface area contributed by atoms with E-state index in [2.05, 4.69) is 6.92 Å². The summed E-state index contributed by atoms with van der Waals surface area (Å²) < 4.78 is 11.5. The van der Waals surface area contributed by atoms with Crippen LogP contribution in [-0.4, -0.2) is 23.6 Å². The lowest BCUT2D eigenvalue weighted by Crippen LogP contribution is -2.49. The summed E-state index contributed by atoms with van der Waals surface area (Å²) in [4.78, 5) is 35.8. The molecule has 0 fully saturated rings. The molecule has 0 atom stereocenters. The minimum absolute atomic E-state index is 0.153. The van der Waals surface area contributed by atoms with E-state index < -0.39 is 23.1 Å². The number of hydrogen-bond acceptors (Lipinski definition) is 5. The molecule has 0 unspecified atom stereocenters. The fourth-order valence-corrected chi connectivity index (χ4v) is 5.44. The van der Waals surface area contributed by atoms with E-state index in [1.807, 2.05) is 32.9 Å². The summed E-state index contributed by atoms with van der Waals surface area (Å²) >= 11 is 0. The van der Waals surface area contributed by atoms with Crippen molar-refractivity contribution in [3.05, 3.63) is 71.8 Å². The van der Waals surface area contributed by atoms with Gasteiger partial charge in [-0.05, 0) is 37.1 Å². The van der Waals surface area contributed by atoms with Crippen LogP contribution in [0.3, 0.4) is 0 Å². The lowest BCUT2D eigenvalue weighted by molar-refractivity contribution is -0.221. The molecule has 0 spiro atoms. The van der Waals surface area contributed by atoms with Gasteiger partial charge in [0, 0.05) is 18.8 Å². The second-order valence-corrected chi connectivity index (χ2v) is 13.3. The number of esters is 2. The van der Waals surface area contributed by atoms with E-state index >= 15 is 0 Å². The Morgan fingerprint density at radius 2 is 0.891 bits per heavy atom. The van der Waals surface area contributed by atoms with E-state index in [9.17, 15) is 14.4 Å². The first kappa shape index (κ1) is 40.9. The van der Waals surface area contributed by atoms with Crippen molar-refractivity contribution in [3.8, 4) is 0 Å². The molecule has 0 aliphatic rings. The first-order valence-corrected chi connectivity index (χ1v) is 17.9. The van der Waals surface area contributed by atoms with Crippen molar-refractivity contribution in [1.29, 1.82) is 0 Å². The van der Waals surface area contributed by atoms with Crippen LogP contribution in [0.4, 0.5) is 0 Å². The Morgan fingerprint density at radius 1 is 0.543 bits per heavy atom. The number of unbranched alkanes of at least 4 members (excludes halogenated alkanes) is 14. The van der Waals surface area contributed by atoms with Crippen LogP contribution < -0.4 is 5.73 Å². The Labute approximate surface area is 280 Å². The average Bonchev–Trinajstić information content (AvgIpc) is 3.03. The molecule has 0 aliphatic heterocycles. The molecule has 0 saturated heterocycles. The zero-order valence-electron chi connectivity index (χ0n) is 29.6. The molecule has 0 bridgehead atoms. The van der Waals surface area contributed by atoms with Crippen LogP contribution in [0.25, 0.3) is 0 Å². The average molecular weight is 638 g/mol. The van der Waals surface area contributed by atoms with Gasteiger partial charge in [0.1, 0.15) is 0 Å². The topological polar surface area (TPSA) is 95.7 Å². The van der Waals surface area contributed by atoms with Crippen LogP contribution in [0.15, 0.2) is 60.7 Å². The lowest BCUT2D eigenvalue weighted by atomic mass is 9.79. The summed E-state index contributed by atoms with van der Waals surface area (Å²) in [6.07, 6.45) is 22.5. The summed E-state index contributed by atoms with van der Waals surface area (Å²) in [6, 6.07) is 17.4. The minimum Gasteiger partial charge on any atom is -0.419 e. The third kappa shape index (κ3) is 17.5. The summed E-state index contributed by atoms with van der Waals surface area (Å²) in [6.45, 7) is 9.85. The van der Waals surface area contributed by atoms with Crippen molar-refractivity contribution in [2.75, 3.05) is 0 Å². The molecule has 0 aliphatic carbocycles. The number of benzene rings is 2. The Bertz CT molecular complexity index is 1030. The third-order valence-corrected chi connectivity index (χ3v) is 8.72. The number of ether oxygens (including phenoxy) is 2. The van der Waals surface area contributed by atoms with E-state index in [0.717, 1.165) is 19.3 Å². The van der Waals surface area contributed by atoms with Gasteiger partial charge in [0.05, 0.1) is 11.1 Å². The second kappa shape index (κ2) is 24.1. The van der Waals surface area contributed by atoms with Crippen LogP contribution in [0.1, 0.15) is 171 Å². The van der Waals surface area contributed by atoms with E-state index in [1.54, 1.807) is 55.5 Å². The van der Waals surface area contributed by atoms with Crippen LogP contribution in [-0.2, 0) is 14.3 Å². The van der Waals surface area contributed by atoms with Crippen molar-refractivity contribution in [2.45, 2.75) is 156 Å². The number of rotatable bonds is 23. The number of amides is 1. The number of hydrogen-bond donors (Lipinski definition) is 1. The van der Waals surface area contributed by atoms with Crippen LogP contribution in [0, 0.1) is 5.41 Å². The highest BCUT2D eigenvalue weighted by Crippen LogP contribution is 2.40. The van der Waals surface area contributed by atoms with E-state index in [4.69, 9.17) is 15.2 Å². The molecule has 0 aromatic heterocycles. The van der Waals surface area contributed by atoms with E-state index in [0.29, 0.717) is 17.5 Å². The summed E-state index contributed by atoms with van der Waals surface area (Å²) in [7, 11) is 0. The first-order valence-electron chi connectivity index (χ1n) is 17.9. The molecule has 0 saturated carbocycles. The maximum atomic E-state index is 12.6. The van der Waals surface area contributed by atoms with Gasteiger partial charge in [-0.15, -0.1) is 0 Å². The van der Waals surface area contributed by atoms with Gasteiger partial charge in [-0.1, -0.05) is 160 Å². The number of carbonyl (C=O) groups is 3. The molecular formula is C40H63NO5. The number of carbonyl (C=O) groups excluding carboxylic acids is 3. The molecule has 2 aromatic carbocycles. The van der Waals surface area contributed by atoms with Crippen LogP contribution >= 0.6 is 0 Å². The molecule has 6 nitrogen and oxygen atoms in total. The van der Waals surface area contributed by atoms with Gasteiger partial charge in [0.2, 0.25) is 5.91 Å². The number of nitrogens with two attached hydrogens (primary N) is 1. The molecular weight excluding hydrogens is 574 g/mol. The van der Waals surface area contributed by atoms with Crippen molar-refractivity contribution in [3.63, 3.8) is 0 Å². The van der Waals surface area contributed by atoms with Crippen molar-refractivity contribution < 1.29 is 23.9 Å². The highest BCUT2D eigenvalue weighted by Gasteiger charge is 2.48. The summed E-state index contributed by atoms with van der Waals surface area (Å²) in [5.74, 6) is -2.58. The molecule has 2 aromatic rings. The molecule has 2 rings (SSSR count). The molecule has 46 heavy (non-hydrogen) atoms. The molecule has 0 radical (unpaired) electrons. The Hall–Kier alpha value is -3.15. The van der Waals surface area contributed by atoms with Crippen LogP contribution in [0.2, 0.25) is 0 Å². The Balaban J connectivity index is 0.000000479. The fourth-order valence-electron chi connectivity index (χ4n) is 5.44. The Kier molecular flexibility index (Phi) is 21.4. The minimum atomic E-state index is -1.40. The standard InChI is InChI=1S/C22H26O4.C18H37NO/c1-5-16-21(2,3)22(4,25-19(23)17-12-8-6-9-13-17)26-20(24)18-14-10-7-11-15-18;1-2-3-4-5-6-7-8-9-10-11-12-13-14-15-16-17-18(19)20/h6-15H,5,16H2,1-4H3;2-17H2,1H3,(H2,19,20). The van der Waals surface area contributed by atoms with Crippen molar-refractivity contribution in [2.24, 2.45) is 11.1 Å². The van der Waals surface area contributed by atoms with Crippen molar-refractivity contribution in [1.82, 2.24) is 0 Å². The molecule has 2 N–H and O–H groups in total. The zero-order chi connectivity index (χ0) is 34.1. The van der Waals surface area contributed by atoms with Gasteiger partial charge in [0.15, 0.2) is 0 Å². The normalized spacial score (nSPS) is 11.3. The first-order chi connectivity index (χ1) is 22.1. The predicted octanol–water partition coefficient (Wildman–Crippen LogP) is 11.0. The van der Waals surface area contributed by atoms with Crippen molar-refractivity contribution >= 4 is 17.8 Å². The third-order valence-electron chi connectivity index (χ3n) is 8.72. The maximum absolute atomic E-state index is 12.6. The van der Waals surface area contributed by atoms with Gasteiger partial charge in [-0.25, -0.2) is 9.59 Å². The monoisotopic (exact) mass is 637 g/mol. The van der Waals surface area contributed by atoms with Crippen LogP contribution in [0.5, 0.6) is 0 Å².